The van der Waals surface area contributed by atoms with E-state index >= 15 is 0 Å². The Hall–Kier alpha value is -0.750. The molecule has 7 nitrogen and oxygen atoms in total. The van der Waals surface area contributed by atoms with Crippen LogP contribution < -0.4 is 0 Å². The molecule has 3 N–H and O–H groups in total. The van der Waals surface area contributed by atoms with Gasteiger partial charge in [0.1, 0.15) is 5.78 Å². The average molecular weight is 254 g/mol. The van der Waals surface area contributed by atoms with Crippen LogP contribution in [-0.4, -0.2) is 33.3 Å². The van der Waals surface area contributed by atoms with Gasteiger partial charge in [0.2, 0.25) is 0 Å². The lowest BCUT2D eigenvalue weighted by molar-refractivity contribution is -0.145. The van der Waals surface area contributed by atoms with E-state index in [9.17, 15) is 14.2 Å². The number of aliphatic carboxylic acids is 1. The summed E-state index contributed by atoms with van der Waals surface area (Å²) in [6.07, 6.45) is -0.218. The molecule has 0 aromatic heterocycles. The minimum Gasteiger partial charge on any atom is -0.481 e. The number of hydrogen-bond donors (Lipinski definition) is 3. The van der Waals surface area contributed by atoms with Crippen molar-refractivity contribution in [2.45, 2.75) is 20.3 Å². The number of rotatable bonds is 7. The Labute approximate surface area is 92.7 Å². The first-order chi connectivity index (χ1) is 7.15. The zero-order chi connectivity index (χ0) is 12.9. The molecule has 0 saturated heterocycles. The Morgan fingerprint density at radius 3 is 2.12 bits per heavy atom. The van der Waals surface area contributed by atoms with Crippen molar-refractivity contribution >= 4 is 19.6 Å². The van der Waals surface area contributed by atoms with Gasteiger partial charge in [0.25, 0.3) is 0 Å². The van der Waals surface area contributed by atoms with Crippen molar-refractivity contribution < 1.29 is 33.6 Å². The highest BCUT2D eigenvalue weighted by atomic mass is 31.2. The van der Waals surface area contributed by atoms with Crippen LogP contribution >= 0.6 is 7.82 Å². The molecule has 0 aliphatic heterocycles. The van der Waals surface area contributed by atoms with Crippen molar-refractivity contribution in [3.05, 3.63) is 0 Å². The quantitative estimate of drug-likeness (QED) is 0.562. The molecule has 0 rings (SSSR count). The fourth-order valence-electron chi connectivity index (χ4n) is 0.986. The standard InChI is InChI=1S/C8H15O7P/c1-5(6(2)8(10)11)7(9)3-4-15-16(12,13)14/h5-6H,3-4H2,1-2H3,(H,10,11)(H2,12,13,14). The summed E-state index contributed by atoms with van der Waals surface area (Å²) in [7, 11) is -4.56. The zero-order valence-electron chi connectivity index (χ0n) is 8.99. The van der Waals surface area contributed by atoms with Crippen LogP contribution in [0.15, 0.2) is 0 Å². The molecule has 0 aromatic rings. The average Bonchev–Trinajstić information content (AvgIpc) is 2.13. The highest BCUT2D eigenvalue weighted by molar-refractivity contribution is 7.46. The van der Waals surface area contributed by atoms with Crippen LogP contribution in [0.3, 0.4) is 0 Å². The monoisotopic (exact) mass is 254 g/mol. The summed E-state index contributed by atoms with van der Waals surface area (Å²) in [5.41, 5.74) is 0. The van der Waals surface area contributed by atoms with Gasteiger partial charge in [-0.3, -0.25) is 14.1 Å². The Bertz CT molecular complexity index is 308. The van der Waals surface area contributed by atoms with Crippen molar-refractivity contribution in [2.75, 3.05) is 6.61 Å². The van der Waals surface area contributed by atoms with Crippen molar-refractivity contribution in [1.82, 2.24) is 0 Å². The second-order valence-electron chi connectivity index (χ2n) is 3.46. The third-order valence-electron chi connectivity index (χ3n) is 2.26. The number of hydrogen-bond acceptors (Lipinski definition) is 4. The van der Waals surface area contributed by atoms with E-state index in [1.807, 2.05) is 0 Å². The molecule has 2 atom stereocenters. The first kappa shape index (κ1) is 15.2. The number of ketones is 1. The third-order valence-corrected chi connectivity index (χ3v) is 2.77. The van der Waals surface area contributed by atoms with Crippen molar-refractivity contribution in [2.24, 2.45) is 11.8 Å². The topological polar surface area (TPSA) is 121 Å². The maximum absolute atomic E-state index is 11.4. The summed E-state index contributed by atoms with van der Waals surface area (Å²) in [5, 5.41) is 8.65. The predicted octanol–water partition coefficient (Wildman–Crippen LogP) is 0.412. The van der Waals surface area contributed by atoms with Crippen LogP contribution in [0.1, 0.15) is 20.3 Å². The molecule has 0 fully saturated rings. The molecule has 0 saturated carbocycles. The fourth-order valence-corrected chi connectivity index (χ4v) is 1.31. The predicted molar refractivity (Wildman–Crippen MR) is 53.6 cm³/mol. The maximum atomic E-state index is 11.4. The van der Waals surface area contributed by atoms with E-state index in [1.165, 1.54) is 13.8 Å². The van der Waals surface area contributed by atoms with Gasteiger partial charge in [-0.05, 0) is 0 Å². The number of phosphoric acid groups is 1. The number of carboxylic acids is 1. The van der Waals surface area contributed by atoms with Gasteiger partial charge in [-0.2, -0.15) is 0 Å². The van der Waals surface area contributed by atoms with Gasteiger partial charge in [-0.25, -0.2) is 4.57 Å². The van der Waals surface area contributed by atoms with Gasteiger partial charge in [0.05, 0.1) is 12.5 Å². The summed E-state index contributed by atoms with van der Waals surface area (Å²) >= 11 is 0. The van der Waals surface area contributed by atoms with E-state index in [4.69, 9.17) is 14.9 Å². The fraction of sp³-hybridized carbons (Fsp3) is 0.750. The van der Waals surface area contributed by atoms with Gasteiger partial charge < -0.3 is 14.9 Å². The van der Waals surface area contributed by atoms with E-state index in [2.05, 4.69) is 4.52 Å². The van der Waals surface area contributed by atoms with E-state index in [1.54, 1.807) is 0 Å². The highest BCUT2D eigenvalue weighted by Crippen LogP contribution is 2.35. The normalized spacial score (nSPS) is 15.5. The summed E-state index contributed by atoms with van der Waals surface area (Å²) in [6, 6.07) is 0. The van der Waals surface area contributed by atoms with Crippen molar-refractivity contribution in [1.29, 1.82) is 0 Å². The molecule has 0 spiro atoms. The van der Waals surface area contributed by atoms with E-state index < -0.39 is 38.0 Å². The first-order valence-electron chi connectivity index (χ1n) is 4.60. The SMILES string of the molecule is CC(C(=O)O)C(C)C(=O)CCOP(=O)(O)O. The number of Topliss-reactive ketones (excluding diaryl/α,β-unsaturated/α-hetero) is 1. The summed E-state index contributed by atoms with van der Waals surface area (Å²) in [5.74, 6) is -3.03. The molecule has 0 aliphatic carbocycles. The zero-order valence-corrected chi connectivity index (χ0v) is 9.89. The molecule has 8 heteroatoms. The summed E-state index contributed by atoms with van der Waals surface area (Å²) < 4.78 is 14.4. The van der Waals surface area contributed by atoms with Crippen LogP contribution in [0.4, 0.5) is 0 Å². The maximum Gasteiger partial charge on any atom is 0.469 e. The number of carboxylic acid groups (broad SMARTS) is 1. The van der Waals surface area contributed by atoms with Crippen molar-refractivity contribution in [3.8, 4) is 0 Å². The van der Waals surface area contributed by atoms with E-state index in [0.717, 1.165) is 0 Å². The van der Waals surface area contributed by atoms with Crippen LogP contribution in [-0.2, 0) is 18.7 Å². The Balaban J connectivity index is 4.08. The van der Waals surface area contributed by atoms with Crippen LogP contribution in [0.25, 0.3) is 0 Å². The molecule has 94 valence electrons. The van der Waals surface area contributed by atoms with Crippen LogP contribution in [0, 0.1) is 11.8 Å². The molecule has 16 heavy (non-hydrogen) atoms. The molecule has 0 heterocycles. The molecule has 0 aliphatic rings. The Morgan fingerprint density at radius 2 is 1.75 bits per heavy atom. The molecule has 0 radical (unpaired) electrons. The second-order valence-corrected chi connectivity index (χ2v) is 4.70. The molecule has 0 aromatic carbocycles. The third kappa shape index (κ3) is 5.97. The minimum atomic E-state index is -4.56. The molecular weight excluding hydrogens is 239 g/mol. The lowest BCUT2D eigenvalue weighted by Crippen LogP contribution is -2.25. The van der Waals surface area contributed by atoms with Gasteiger partial charge in [-0.15, -0.1) is 0 Å². The minimum absolute atomic E-state index is 0.218. The molecule has 0 bridgehead atoms. The lowest BCUT2D eigenvalue weighted by Gasteiger charge is -2.14. The molecule has 0 amide bonds. The number of carbonyl (C=O) groups excluding carboxylic acids is 1. The number of phosphoric ester groups is 1. The first-order valence-corrected chi connectivity index (χ1v) is 6.13. The molecule has 2 unspecified atom stereocenters. The molecular formula is C8H15O7P. The van der Waals surface area contributed by atoms with Crippen LogP contribution in [0.5, 0.6) is 0 Å². The van der Waals surface area contributed by atoms with Gasteiger partial charge >= 0.3 is 13.8 Å². The van der Waals surface area contributed by atoms with Crippen LogP contribution in [0.2, 0.25) is 0 Å². The summed E-state index contributed by atoms with van der Waals surface area (Å²) in [6.45, 7) is 2.44. The van der Waals surface area contributed by atoms with Crippen molar-refractivity contribution in [3.63, 3.8) is 0 Å². The largest absolute Gasteiger partial charge is 0.481 e. The lowest BCUT2D eigenvalue weighted by atomic mass is 9.91. The Morgan fingerprint density at radius 1 is 1.25 bits per heavy atom. The Kier molecular flexibility index (Phi) is 5.81. The van der Waals surface area contributed by atoms with Gasteiger partial charge in [-0.1, -0.05) is 13.8 Å². The summed E-state index contributed by atoms with van der Waals surface area (Å²) in [4.78, 5) is 38.6. The van der Waals surface area contributed by atoms with Gasteiger partial charge in [0, 0.05) is 12.3 Å². The van der Waals surface area contributed by atoms with Gasteiger partial charge in [0.15, 0.2) is 0 Å². The van der Waals surface area contributed by atoms with E-state index in [0.29, 0.717) is 0 Å². The second kappa shape index (κ2) is 6.10. The van der Waals surface area contributed by atoms with E-state index in [-0.39, 0.29) is 6.42 Å². The number of carbonyl (C=O) groups is 2. The smallest absolute Gasteiger partial charge is 0.469 e. The highest BCUT2D eigenvalue weighted by Gasteiger charge is 2.25.